The van der Waals surface area contributed by atoms with Gasteiger partial charge in [-0.25, -0.2) is 0 Å². The third kappa shape index (κ3) is 5.01. The van der Waals surface area contributed by atoms with Gasteiger partial charge in [-0.05, 0) is 0 Å². The summed E-state index contributed by atoms with van der Waals surface area (Å²) in [4.78, 5) is 0. The van der Waals surface area contributed by atoms with Crippen molar-refractivity contribution in [2.24, 2.45) is 0 Å². The molecule has 0 atom stereocenters. The minimum absolute atomic E-state index is 0. The zero-order valence-corrected chi connectivity index (χ0v) is 25.8. The van der Waals surface area contributed by atoms with E-state index in [2.05, 4.69) is 110 Å². The molecule has 0 heterocycles. The predicted octanol–water partition coefficient (Wildman–Crippen LogP) is 2.03. The van der Waals surface area contributed by atoms with Crippen molar-refractivity contribution < 1.29 is 45.8 Å². The summed E-state index contributed by atoms with van der Waals surface area (Å²) in [7, 11) is 0. The van der Waals surface area contributed by atoms with Crippen molar-refractivity contribution in [2.45, 2.75) is 76.3 Å². The van der Waals surface area contributed by atoms with E-state index in [1.54, 1.807) is 17.7 Å². The second-order valence-electron chi connectivity index (χ2n) is 11.3. The van der Waals surface area contributed by atoms with Crippen LogP contribution in [-0.2, 0) is 31.8 Å². The molecule has 0 aliphatic heterocycles. The first-order valence-corrected chi connectivity index (χ1v) is 17.0. The number of halogens is 2. The van der Waals surface area contributed by atoms with Crippen molar-refractivity contribution in [3.63, 3.8) is 0 Å². The summed E-state index contributed by atoms with van der Waals surface area (Å²) in [5, 5.41) is 0. The van der Waals surface area contributed by atoms with Gasteiger partial charge in [-0.1, -0.05) is 0 Å². The van der Waals surface area contributed by atoms with Crippen LogP contribution >= 0.6 is 0 Å². The predicted molar refractivity (Wildman–Crippen MR) is 129 cm³/mol. The average Bonchev–Trinajstić information content (AvgIpc) is 3.27. The molecule has 0 spiro atoms. The minimum Gasteiger partial charge on any atom is -1.00 e. The largest absolute Gasteiger partial charge is 1.00 e. The van der Waals surface area contributed by atoms with E-state index in [1.165, 1.54) is 28.7 Å². The number of allylic oxidation sites excluding steroid dienone is 4. The Kier molecular flexibility index (Phi) is 8.46. The molecule has 2 aromatic rings. The maximum absolute atomic E-state index is 2.56. The molecule has 3 heteroatoms. The first-order valence-electron chi connectivity index (χ1n) is 11.3. The third-order valence-electron chi connectivity index (χ3n) is 6.69. The van der Waals surface area contributed by atoms with Crippen molar-refractivity contribution in [1.29, 1.82) is 0 Å². The van der Waals surface area contributed by atoms with E-state index in [1.807, 2.05) is 0 Å². The maximum atomic E-state index is 2.56. The summed E-state index contributed by atoms with van der Waals surface area (Å²) < 4.78 is 4.10. The van der Waals surface area contributed by atoms with Gasteiger partial charge in [0, 0.05) is 0 Å². The van der Waals surface area contributed by atoms with E-state index in [4.69, 9.17) is 0 Å². The van der Waals surface area contributed by atoms with Crippen LogP contribution in [-0.4, -0.2) is 3.26 Å². The van der Waals surface area contributed by atoms with Gasteiger partial charge in [-0.3, -0.25) is 0 Å². The van der Waals surface area contributed by atoms with Gasteiger partial charge < -0.3 is 24.8 Å². The van der Waals surface area contributed by atoms with E-state index < -0.39 is 21.0 Å². The zero-order chi connectivity index (χ0) is 21.8. The average molecular weight is 634 g/mol. The minimum atomic E-state index is -2.26. The Balaban J connectivity index is 0.00000181. The molecule has 0 radical (unpaired) electrons. The number of benzene rings is 2. The van der Waals surface area contributed by atoms with Crippen molar-refractivity contribution in [1.82, 2.24) is 0 Å². The first kappa shape index (κ1) is 27.5. The van der Waals surface area contributed by atoms with Gasteiger partial charge in [0.1, 0.15) is 0 Å². The molecule has 0 bridgehead atoms. The Morgan fingerprint density at radius 1 is 0.781 bits per heavy atom. The summed E-state index contributed by atoms with van der Waals surface area (Å²) in [6, 6.07) is 14.7. The standard InChI is InChI=1S/C21H25.C5H5.C3H6.2ClH.Hf/c1-20(2,3)16-7-9-18-14(12-16)11-15-13-17(21(4,5)6)8-10-19(15)18;1-2-4-5-3-1;1-3-2;;;/h7-13H,1-6H3;1-3H,4H2;1-2H3;2*1H;/q;;;;;+2/p-2. The van der Waals surface area contributed by atoms with E-state index in [-0.39, 0.29) is 35.6 Å². The smallest absolute Gasteiger partial charge is 1.00 e. The number of fused-ring (bicyclic) bond motifs is 3. The van der Waals surface area contributed by atoms with E-state index in [9.17, 15) is 0 Å². The van der Waals surface area contributed by atoms with Gasteiger partial charge in [0.25, 0.3) is 0 Å². The molecule has 0 fully saturated rings. The van der Waals surface area contributed by atoms with Gasteiger partial charge >= 0.3 is 192 Å². The number of hydrogen-bond acceptors (Lipinski definition) is 0. The summed E-state index contributed by atoms with van der Waals surface area (Å²) in [5.74, 6) is 0. The normalized spacial score (nSPS) is 14.5. The molecule has 0 unspecified atom stereocenters. The third-order valence-corrected chi connectivity index (χ3v) is 18.7. The Labute approximate surface area is 215 Å². The molecule has 2 aliphatic carbocycles. The maximum Gasteiger partial charge on any atom is -1.00 e. The molecule has 0 nitrogen and oxygen atoms in total. The second-order valence-corrected chi connectivity index (χ2v) is 22.2. The van der Waals surface area contributed by atoms with Crippen molar-refractivity contribution in [3.05, 3.63) is 80.2 Å². The number of rotatable bonds is 2. The Bertz CT molecular complexity index is 1040. The molecular weight excluding hydrogens is 598 g/mol. The molecule has 2 aliphatic rings. The Hall–Kier alpha value is -0.760. The molecule has 2 aromatic carbocycles. The van der Waals surface area contributed by atoms with Crippen LogP contribution in [0.5, 0.6) is 0 Å². The first-order chi connectivity index (χ1) is 14.0. The zero-order valence-electron chi connectivity index (χ0n) is 20.7. The van der Waals surface area contributed by atoms with E-state index in [0.717, 1.165) is 0 Å². The van der Waals surface area contributed by atoms with Gasteiger partial charge in [0.15, 0.2) is 0 Å². The van der Waals surface area contributed by atoms with Crippen molar-refractivity contribution in [2.75, 3.05) is 0 Å². The van der Waals surface area contributed by atoms with Gasteiger partial charge in [0.05, 0.1) is 0 Å². The van der Waals surface area contributed by atoms with E-state index >= 15 is 0 Å². The van der Waals surface area contributed by atoms with Gasteiger partial charge in [-0.2, -0.15) is 0 Å². The van der Waals surface area contributed by atoms with E-state index in [0.29, 0.717) is 3.67 Å². The SMILES string of the molecule is C[C](C)=[Hf+2]([C]1=CC=CC1)[CH]1c2cc(C(C)(C)C)ccc2-c2ccc(C(C)(C)C)cc21.[Cl-].[Cl-]. The molecule has 0 saturated heterocycles. The molecule has 32 heavy (non-hydrogen) atoms. The summed E-state index contributed by atoms with van der Waals surface area (Å²) in [5.41, 5.74) is 9.48. The summed E-state index contributed by atoms with van der Waals surface area (Å²) >= 11 is -2.26. The molecule has 0 N–H and O–H groups in total. The summed E-state index contributed by atoms with van der Waals surface area (Å²) in [6.45, 7) is 18.9. The summed E-state index contributed by atoms with van der Waals surface area (Å²) in [6.07, 6.45) is 8.27. The van der Waals surface area contributed by atoms with Crippen LogP contribution < -0.4 is 24.8 Å². The van der Waals surface area contributed by atoms with Crippen LogP contribution in [0.4, 0.5) is 0 Å². The van der Waals surface area contributed by atoms with Crippen LogP contribution in [0.2, 0.25) is 0 Å². The second kappa shape index (κ2) is 9.85. The van der Waals surface area contributed by atoms with Crippen LogP contribution in [0.1, 0.15) is 87.7 Å². The molecular formula is C29H36Cl2Hf. The van der Waals surface area contributed by atoms with Crippen molar-refractivity contribution >= 4 is 3.26 Å². The van der Waals surface area contributed by atoms with Crippen LogP contribution in [0.3, 0.4) is 0 Å². The topological polar surface area (TPSA) is 0 Å². The van der Waals surface area contributed by atoms with Crippen LogP contribution in [0.25, 0.3) is 11.1 Å². The molecule has 4 rings (SSSR count). The van der Waals surface area contributed by atoms with Crippen LogP contribution in [0.15, 0.2) is 58.0 Å². The van der Waals surface area contributed by atoms with Crippen LogP contribution in [0, 0.1) is 0 Å². The number of hydrogen-bond donors (Lipinski definition) is 0. The Morgan fingerprint density at radius 2 is 1.25 bits per heavy atom. The fourth-order valence-corrected chi connectivity index (χ4v) is 16.8. The molecule has 0 aromatic heterocycles. The van der Waals surface area contributed by atoms with Gasteiger partial charge in [-0.15, -0.1) is 0 Å². The van der Waals surface area contributed by atoms with Crippen molar-refractivity contribution in [3.8, 4) is 11.1 Å². The Morgan fingerprint density at radius 3 is 1.59 bits per heavy atom. The monoisotopic (exact) mass is 634 g/mol. The van der Waals surface area contributed by atoms with Gasteiger partial charge in [0.2, 0.25) is 0 Å². The fraction of sp³-hybridized carbons (Fsp3) is 0.414. The molecule has 0 amide bonds. The molecule has 170 valence electrons. The quantitative estimate of drug-likeness (QED) is 0.445. The fourth-order valence-electron chi connectivity index (χ4n) is 4.95. The molecule has 0 saturated carbocycles.